The zero-order valence-corrected chi connectivity index (χ0v) is 15.7. The number of nitrogens with zero attached hydrogens (tertiary/aromatic N) is 3. The fourth-order valence-corrected chi connectivity index (χ4v) is 3.13. The van der Waals surface area contributed by atoms with Crippen LogP contribution in [-0.2, 0) is 4.79 Å². The highest BCUT2D eigenvalue weighted by molar-refractivity contribution is 7.12. The molecule has 3 aromatic rings. The summed E-state index contributed by atoms with van der Waals surface area (Å²) in [6, 6.07) is 11.1. The number of thiophene rings is 1. The molecule has 0 saturated heterocycles. The summed E-state index contributed by atoms with van der Waals surface area (Å²) in [5.74, 6) is -0.0509. The molecule has 0 fully saturated rings. The molecule has 2 heterocycles. The van der Waals surface area contributed by atoms with Crippen LogP contribution in [-0.4, -0.2) is 33.1 Å². The van der Waals surface area contributed by atoms with E-state index >= 15 is 0 Å². The van der Waals surface area contributed by atoms with E-state index in [0.29, 0.717) is 22.1 Å². The molecule has 28 heavy (non-hydrogen) atoms. The SMILES string of the molecule is Cc1cc(NC(=O)CCNC(=O)c2cccs2)n(-c2ccc([N+](=O)[O-])cc2)n1. The lowest BCUT2D eigenvalue weighted by Crippen LogP contribution is -2.27. The molecule has 2 aromatic heterocycles. The van der Waals surface area contributed by atoms with Crippen LogP contribution in [0.4, 0.5) is 11.5 Å². The lowest BCUT2D eigenvalue weighted by molar-refractivity contribution is -0.384. The number of benzene rings is 1. The van der Waals surface area contributed by atoms with Crippen LogP contribution >= 0.6 is 11.3 Å². The van der Waals surface area contributed by atoms with Gasteiger partial charge in [0, 0.05) is 31.2 Å². The van der Waals surface area contributed by atoms with Gasteiger partial charge in [0.15, 0.2) is 0 Å². The maximum absolute atomic E-state index is 12.2. The van der Waals surface area contributed by atoms with E-state index in [1.54, 1.807) is 37.3 Å². The molecule has 9 nitrogen and oxygen atoms in total. The van der Waals surface area contributed by atoms with Gasteiger partial charge >= 0.3 is 0 Å². The first kappa shape index (κ1) is 19.2. The van der Waals surface area contributed by atoms with Crippen molar-refractivity contribution < 1.29 is 14.5 Å². The van der Waals surface area contributed by atoms with Crippen LogP contribution < -0.4 is 10.6 Å². The van der Waals surface area contributed by atoms with Crippen molar-refractivity contribution in [2.45, 2.75) is 13.3 Å². The Labute approximate surface area is 164 Å². The van der Waals surface area contributed by atoms with Crippen molar-refractivity contribution in [3.05, 3.63) is 68.5 Å². The van der Waals surface area contributed by atoms with Crippen molar-refractivity contribution in [2.75, 3.05) is 11.9 Å². The zero-order chi connectivity index (χ0) is 20.1. The Bertz CT molecular complexity index is 996. The quantitative estimate of drug-likeness (QED) is 0.468. The molecule has 0 saturated carbocycles. The topological polar surface area (TPSA) is 119 Å². The van der Waals surface area contributed by atoms with Gasteiger partial charge in [0.1, 0.15) is 5.82 Å². The van der Waals surface area contributed by atoms with Crippen LogP contribution in [0.25, 0.3) is 5.69 Å². The number of nitrogens with one attached hydrogen (secondary N) is 2. The Morgan fingerprint density at radius 3 is 2.64 bits per heavy atom. The van der Waals surface area contributed by atoms with E-state index in [0.717, 1.165) is 0 Å². The number of hydrogen-bond donors (Lipinski definition) is 2. The van der Waals surface area contributed by atoms with Gasteiger partial charge in [-0.3, -0.25) is 19.7 Å². The number of carbonyl (C=O) groups is 2. The molecule has 0 bridgehead atoms. The molecule has 2 amide bonds. The third-order valence-electron chi connectivity index (χ3n) is 3.79. The minimum atomic E-state index is -0.481. The predicted molar refractivity (Wildman–Crippen MR) is 105 cm³/mol. The first-order chi connectivity index (χ1) is 13.4. The number of aryl methyl sites for hydroxylation is 1. The number of carbonyl (C=O) groups excluding carboxylic acids is 2. The fraction of sp³-hybridized carbons (Fsp3) is 0.167. The van der Waals surface area contributed by atoms with Crippen LogP contribution in [0.5, 0.6) is 0 Å². The second kappa shape index (κ2) is 8.44. The molecule has 0 spiro atoms. The maximum Gasteiger partial charge on any atom is 0.269 e. The lowest BCUT2D eigenvalue weighted by Gasteiger charge is -2.09. The highest BCUT2D eigenvalue weighted by atomic mass is 32.1. The number of nitro benzene ring substituents is 1. The number of hydrogen-bond acceptors (Lipinski definition) is 6. The van der Waals surface area contributed by atoms with Crippen molar-refractivity contribution in [3.8, 4) is 5.69 Å². The standard InChI is InChI=1S/C18H17N5O4S/c1-12-11-16(22(21-12)13-4-6-14(7-5-13)23(26)27)20-17(24)8-9-19-18(25)15-3-2-10-28-15/h2-7,10-11H,8-9H2,1H3,(H,19,25)(H,20,24). The van der Waals surface area contributed by atoms with E-state index in [4.69, 9.17) is 0 Å². The fourth-order valence-electron chi connectivity index (χ4n) is 2.49. The van der Waals surface area contributed by atoms with Crippen LogP contribution in [0.1, 0.15) is 21.8 Å². The number of amides is 2. The summed E-state index contributed by atoms with van der Waals surface area (Å²) in [5.41, 5.74) is 1.24. The molecule has 144 valence electrons. The molecule has 0 radical (unpaired) electrons. The van der Waals surface area contributed by atoms with E-state index in [1.165, 1.54) is 28.2 Å². The molecular formula is C18H17N5O4S. The van der Waals surface area contributed by atoms with Gasteiger partial charge in [-0.15, -0.1) is 11.3 Å². The van der Waals surface area contributed by atoms with Crippen molar-refractivity contribution in [2.24, 2.45) is 0 Å². The molecular weight excluding hydrogens is 382 g/mol. The minimum absolute atomic E-state index is 0.0281. The smallest absolute Gasteiger partial charge is 0.269 e. The number of non-ortho nitro benzene ring substituents is 1. The Hall–Kier alpha value is -3.53. The number of rotatable bonds is 7. The summed E-state index contributed by atoms with van der Waals surface area (Å²) in [6.07, 6.45) is 0.0988. The van der Waals surface area contributed by atoms with Gasteiger partial charge in [-0.2, -0.15) is 5.10 Å². The molecule has 0 aliphatic rings. The maximum atomic E-state index is 12.2. The first-order valence-corrected chi connectivity index (χ1v) is 9.25. The van der Waals surface area contributed by atoms with Crippen molar-refractivity contribution in [1.29, 1.82) is 0 Å². The van der Waals surface area contributed by atoms with Gasteiger partial charge < -0.3 is 10.6 Å². The Balaban J connectivity index is 1.62. The van der Waals surface area contributed by atoms with Crippen molar-refractivity contribution >= 4 is 34.7 Å². The van der Waals surface area contributed by atoms with Crippen LogP contribution in [0.15, 0.2) is 47.8 Å². The average Bonchev–Trinajstić information content (AvgIpc) is 3.31. The molecule has 10 heteroatoms. The molecule has 2 N–H and O–H groups in total. The Morgan fingerprint density at radius 2 is 2.00 bits per heavy atom. The summed E-state index contributed by atoms with van der Waals surface area (Å²) in [4.78, 5) is 35.0. The monoisotopic (exact) mass is 399 g/mol. The summed E-state index contributed by atoms with van der Waals surface area (Å²) in [6.45, 7) is 1.98. The lowest BCUT2D eigenvalue weighted by atomic mass is 10.3. The second-order valence-electron chi connectivity index (χ2n) is 5.89. The molecule has 0 atom stereocenters. The van der Waals surface area contributed by atoms with Gasteiger partial charge in [0.2, 0.25) is 5.91 Å². The van der Waals surface area contributed by atoms with Gasteiger partial charge in [-0.1, -0.05) is 6.07 Å². The molecule has 0 aliphatic heterocycles. The number of aromatic nitrogens is 2. The van der Waals surface area contributed by atoms with E-state index in [9.17, 15) is 19.7 Å². The summed E-state index contributed by atoms with van der Waals surface area (Å²) >= 11 is 1.33. The van der Waals surface area contributed by atoms with E-state index in [1.807, 2.05) is 5.38 Å². The number of nitro groups is 1. The highest BCUT2D eigenvalue weighted by Gasteiger charge is 2.13. The molecule has 1 aromatic carbocycles. The van der Waals surface area contributed by atoms with Gasteiger partial charge in [0.25, 0.3) is 11.6 Å². The van der Waals surface area contributed by atoms with Crippen LogP contribution in [0, 0.1) is 17.0 Å². The summed E-state index contributed by atoms with van der Waals surface area (Å²) in [5, 5.41) is 22.4. The van der Waals surface area contributed by atoms with E-state index < -0.39 is 4.92 Å². The molecule has 0 aliphatic carbocycles. The van der Waals surface area contributed by atoms with Gasteiger partial charge in [-0.25, -0.2) is 4.68 Å². The molecule has 0 unspecified atom stereocenters. The van der Waals surface area contributed by atoms with Crippen LogP contribution in [0.2, 0.25) is 0 Å². The minimum Gasteiger partial charge on any atom is -0.351 e. The largest absolute Gasteiger partial charge is 0.351 e. The van der Waals surface area contributed by atoms with Crippen molar-refractivity contribution in [3.63, 3.8) is 0 Å². The van der Waals surface area contributed by atoms with Crippen molar-refractivity contribution in [1.82, 2.24) is 15.1 Å². The van der Waals surface area contributed by atoms with Gasteiger partial charge in [-0.05, 0) is 30.5 Å². The zero-order valence-electron chi connectivity index (χ0n) is 14.9. The summed E-state index contributed by atoms with van der Waals surface area (Å²) in [7, 11) is 0. The predicted octanol–water partition coefficient (Wildman–Crippen LogP) is 2.91. The Morgan fingerprint density at radius 1 is 1.25 bits per heavy atom. The third kappa shape index (κ3) is 4.60. The highest BCUT2D eigenvalue weighted by Crippen LogP contribution is 2.20. The molecule has 3 rings (SSSR count). The van der Waals surface area contributed by atoms with Crippen LogP contribution in [0.3, 0.4) is 0 Å². The average molecular weight is 399 g/mol. The third-order valence-corrected chi connectivity index (χ3v) is 4.66. The first-order valence-electron chi connectivity index (χ1n) is 8.37. The second-order valence-corrected chi connectivity index (χ2v) is 6.84. The Kier molecular flexibility index (Phi) is 5.80. The normalized spacial score (nSPS) is 10.5. The summed E-state index contributed by atoms with van der Waals surface area (Å²) < 4.78 is 1.50. The number of anilines is 1. The van der Waals surface area contributed by atoms with E-state index in [-0.39, 0.29) is 30.5 Å². The van der Waals surface area contributed by atoms with E-state index in [2.05, 4.69) is 15.7 Å². The van der Waals surface area contributed by atoms with Gasteiger partial charge in [0.05, 0.1) is 21.2 Å².